The maximum Gasteiger partial charge on any atom is 0.410 e. The number of nitrogens with zero attached hydrogens (tertiary/aromatic N) is 1. The molecule has 0 saturated carbocycles. The van der Waals surface area contributed by atoms with E-state index in [1.54, 1.807) is 4.90 Å². The highest BCUT2D eigenvalue weighted by atomic mass is 79.9. The number of ether oxygens (including phenoxy) is 1. The number of carbonyl (C=O) groups is 1. The fraction of sp³-hybridized carbons (Fsp3) is 0.769. The van der Waals surface area contributed by atoms with Gasteiger partial charge in [0.05, 0.1) is 0 Å². The van der Waals surface area contributed by atoms with Crippen LogP contribution in [0.1, 0.15) is 27.2 Å². The van der Waals surface area contributed by atoms with Crippen LogP contribution in [0.25, 0.3) is 0 Å². The molecule has 1 aliphatic rings. The molecule has 1 rings (SSSR count). The average molecular weight is 304 g/mol. The predicted molar refractivity (Wildman–Crippen MR) is 73.4 cm³/mol. The van der Waals surface area contributed by atoms with E-state index in [9.17, 15) is 4.79 Å². The standard InChI is InChI=1S/C13H22BrNO2/c1-5-10-6-11(7-14)9-15(8-10)12(16)17-13(2,3)4/h5,10-11H,1,6-9H2,2-4H3/t10-,11-/m1/s1. The molecule has 1 amide bonds. The summed E-state index contributed by atoms with van der Waals surface area (Å²) in [5, 5.41) is 0.913. The molecule has 1 heterocycles. The zero-order valence-corrected chi connectivity index (χ0v) is 12.5. The lowest BCUT2D eigenvalue weighted by molar-refractivity contribution is 0.0140. The first-order valence-corrected chi connectivity index (χ1v) is 7.14. The van der Waals surface area contributed by atoms with E-state index in [1.807, 2.05) is 26.8 Å². The monoisotopic (exact) mass is 303 g/mol. The lowest BCUT2D eigenvalue weighted by atomic mass is 9.91. The van der Waals surface area contributed by atoms with Crippen LogP contribution in [0, 0.1) is 11.8 Å². The van der Waals surface area contributed by atoms with Crippen molar-refractivity contribution in [2.75, 3.05) is 18.4 Å². The second-order valence-electron chi connectivity index (χ2n) is 5.64. The fourth-order valence-corrected chi connectivity index (χ4v) is 2.47. The van der Waals surface area contributed by atoms with Crippen molar-refractivity contribution in [2.45, 2.75) is 32.8 Å². The molecule has 0 radical (unpaired) electrons. The van der Waals surface area contributed by atoms with Crippen LogP contribution in [0.4, 0.5) is 4.79 Å². The van der Waals surface area contributed by atoms with Gasteiger partial charge in [0, 0.05) is 18.4 Å². The van der Waals surface area contributed by atoms with E-state index in [4.69, 9.17) is 4.74 Å². The predicted octanol–water partition coefficient (Wildman–Crippen LogP) is 3.44. The highest BCUT2D eigenvalue weighted by Gasteiger charge is 2.30. The first-order chi connectivity index (χ1) is 7.85. The summed E-state index contributed by atoms with van der Waals surface area (Å²) >= 11 is 3.49. The quantitative estimate of drug-likeness (QED) is 0.578. The minimum absolute atomic E-state index is 0.213. The number of carbonyl (C=O) groups excluding carboxylic acids is 1. The molecule has 0 aromatic carbocycles. The smallest absolute Gasteiger partial charge is 0.410 e. The molecule has 1 aliphatic heterocycles. The van der Waals surface area contributed by atoms with E-state index in [1.165, 1.54) is 0 Å². The minimum Gasteiger partial charge on any atom is -0.444 e. The van der Waals surface area contributed by atoms with E-state index in [2.05, 4.69) is 22.5 Å². The molecule has 0 bridgehead atoms. The van der Waals surface area contributed by atoms with E-state index < -0.39 is 5.60 Å². The summed E-state index contributed by atoms with van der Waals surface area (Å²) in [6.45, 7) is 11.0. The highest BCUT2D eigenvalue weighted by Crippen LogP contribution is 2.25. The summed E-state index contributed by atoms with van der Waals surface area (Å²) < 4.78 is 5.40. The largest absolute Gasteiger partial charge is 0.444 e. The summed E-state index contributed by atoms with van der Waals surface area (Å²) in [7, 11) is 0. The Morgan fingerprint density at radius 2 is 2.18 bits per heavy atom. The Balaban J connectivity index is 2.62. The van der Waals surface area contributed by atoms with Crippen molar-refractivity contribution in [1.82, 2.24) is 4.90 Å². The molecule has 0 aromatic heterocycles. The van der Waals surface area contributed by atoms with Gasteiger partial charge in [0.2, 0.25) is 0 Å². The van der Waals surface area contributed by atoms with Crippen molar-refractivity contribution in [2.24, 2.45) is 11.8 Å². The fourth-order valence-electron chi connectivity index (χ4n) is 2.00. The molecule has 0 aliphatic carbocycles. The maximum atomic E-state index is 12.0. The van der Waals surface area contributed by atoms with E-state index in [0.717, 1.165) is 24.8 Å². The van der Waals surface area contributed by atoms with Crippen LogP contribution in [0.5, 0.6) is 0 Å². The highest BCUT2D eigenvalue weighted by molar-refractivity contribution is 9.09. The van der Waals surface area contributed by atoms with Gasteiger partial charge in [-0.2, -0.15) is 0 Å². The lowest BCUT2D eigenvalue weighted by Crippen LogP contribution is -2.46. The van der Waals surface area contributed by atoms with E-state index >= 15 is 0 Å². The Bertz CT molecular complexity index is 286. The van der Waals surface area contributed by atoms with Crippen molar-refractivity contribution in [3.05, 3.63) is 12.7 Å². The van der Waals surface area contributed by atoms with Gasteiger partial charge in [-0.3, -0.25) is 0 Å². The van der Waals surface area contributed by atoms with Crippen LogP contribution in [0.3, 0.4) is 0 Å². The summed E-state index contributed by atoms with van der Waals surface area (Å²) in [6, 6.07) is 0. The molecular weight excluding hydrogens is 282 g/mol. The van der Waals surface area contributed by atoms with Crippen LogP contribution in [-0.4, -0.2) is 35.0 Å². The number of halogens is 1. The zero-order valence-electron chi connectivity index (χ0n) is 10.9. The van der Waals surface area contributed by atoms with Crippen molar-refractivity contribution in [1.29, 1.82) is 0 Å². The first kappa shape index (κ1) is 14.6. The Morgan fingerprint density at radius 3 is 2.65 bits per heavy atom. The van der Waals surface area contributed by atoms with Crippen LogP contribution < -0.4 is 0 Å². The number of amides is 1. The van der Waals surface area contributed by atoms with Crippen LogP contribution in [-0.2, 0) is 4.74 Å². The number of hydrogen-bond donors (Lipinski definition) is 0. The Kier molecular flexibility index (Phi) is 5.04. The average Bonchev–Trinajstić information content (AvgIpc) is 2.26. The van der Waals surface area contributed by atoms with Gasteiger partial charge < -0.3 is 9.64 Å². The van der Waals surface area contributed by atoms with Crippen molar-refractivity contribution >= 4 is 22.0 Å². The number of piperidine rings is 1. The third kappa shape index (κ3) is 4.70. The Morgan fingerprint density at radius 1 is 1.53 bits per heavy atom. The topological polar surface area (TPSA) is 29.5 Å². The summed E-state index contributed by atoms with van der Waals surface area (Å²) in [5.74, 6) is 0.859. The zero-order chi connectivity index (χ0) is 13.1. The normalized spacial score (nSPS) is 25.5. The first-order valence-electron chi connectivity index (χ1n) is 6.02. The van der Waals surface area contributed by atoms with Gasteiger partial charge in [-0.05, 0) is 39.0 Å². The maximum absolute atomic E-state index is 12.0. The summed E-state index contributed by atoms with van der Waals surface area (Å²) in [6.07, 6.45) is 2.82. The molecule has 1 fully saturated rings. The van der Waals surface area contributed by atoms with Gasteiger partial charge in [-0.25, -0.2) is 4.79 Å². The molecule has 17 heavy (non-hydrogen) atoms. The minimum atomic E-state index is -0.428. The van der Waals surface area contributed by atoms with Gasteiger partial charge in [0.1, 0.15) is 5.60 Å². The second-order valence-corrected chi connectivity index (χ2v) is 6.28. The lowest BCUT2D eigenvalue weighted by Gasteiger charge is -2.36. The van der Waals surface area contributed by atoms with Crippen molar-refractivity contribution in [3.8, 4) is 0 Å². The van der Waals surface area contributed by atoms with Gasteiger partial charge in [-0.15, -0.1) is 6.58 Å². The molecule has 98 valence electrons. The van der Waals surface area contributed by atoms with Crippen LogP contribution in [0.2, 0.25) is 0 Å². The molecule has 2 atom stereocenters. The molecule has 3 nitrogen and oxygen atoms in total. The molecular formula is C13H22BrNO2. The molecule has 0 unspecified atom stereocenters. The van der Waals surface area contributed by atoms with Gasteiger partial charge >= 0.3 is 6.09 Å². The van der Waals surface area contributed by atoms with Gasteiger partial charge in [-0.1, -0.05) is 22.0 Å². The summed E-state index contributed by atoms with van der Waals surface area (Å²) in [5.41, 5.74) is -0.428. The van der Waals surface area contributed by atoms with E-state index in [-0.39, 0.29) is 6.09 Å². The number of alkyl halides is 1. The molecule has 1 saturated heterocycles. The van der Waals surface area contributed by atoms with Crippen LogP contribution >= 0.6 is 15.9 Å². The van der Waals surface area contributed by atoms with Gasteiger partial charge in [0.15, 0.2) is 0 Å². The molecule has 0 aromatic rings. The Labute approximate surface area is 112 Å². The second kappa shape index (κ2) is 5.89. The molecule has 0 spiro atoms. The number of rotatable bonds is 2. The third-order valence-corrected chi connectivity index (χ3v) is 3.69. The van der Waals surface area contributed by atoms with Crippen LogP contribution in [0.15, 0.2) is 12.7 Å². The molecule has 4 heteroatoms. The number of hydrogen-bond acceptors (Lipinski definition) is 2. The molecule has 0 N–H and O–H groups in total. The number of likely N-dealkylation sites (tertiary alicyclic amines) is 1. The SMILES string of the molecule is C=C[C@@H]1C[C@H](CBr)CN(C(=O)OC(C)(C)C)C1. The summed E-state index contributed by atoms with van der Waals surface area (Å²) in [4.78, 5) is 13.8. The van der Waals surface area contributed by atoms with Crippen molar-refractivity contribution in [3.63, 3.8) is 0 Å². The Hall–Kier alpha value is -0.510. The van der Waals surface area contributed by atoms with Crippen molar-refractivity contribution < 1.29 is 9.53 Å². The van der Waals surface area contributed by atoms with Gasteiger partial charge in [0.25, 0.3) is 0 Å². The van der Waals surface area contributed by atoms with E-state index in [0.29, 0.717) is 11.8 Å². The third-order valence-electron chi connectivity index (χ3n) is 2.77.